The summed E-state index contributed by atoms with van der Waals surface area (Å²) in [6.45, 7) is 2.97. The van der Waals surface area contributed by atoms with Crippen LogP contribution in [-0.2, 0) is 11.3 Å². The zero-order chi connectivity index (χ0) is 15.0. The lowest BCUT2D eigenvalue weighted by molar-refractivity contribution is -0.130. The second-order valence-corrected chi connectivity index (χ2v) is 4.80. The van der Waals surface area contributed by atoms with Crippen LogP contribution in [0.4, 0.5) is 0 Å². The minimum atomic E-state index is 0.0796. The number of ether oxygens (including phenoxy) is 2. The van der Waals surface area contributed by atoms with Crippen molar-refractivity contribution in [3.05, 3.63) is 23.8 Å². The number of amides is 1. The minimum Gasteiger partial charge on any atom is -0.493 e. The number of para-hydroxylation sites is 1. The zero-order valence-corrected chi connectivity index (χ0v) is 13.1. The van der Waals surface area contributed by atoms with E-state index in [0.717, 1.165) is 5.56 Å². The van der Waals surface area contributed by atoms with E-state index in [1.807, 2.05) is 25.1 Å². The van der Waals surface area contributed by atoms with E-state index in [9.17, 15) is 4.79 Å². The maximum absolute atomic E-state index is 11.9. The summed E-state index contributed by atoms with van der Waals surface area (Å²) in [6.07, 6.45) is 1.16. The first-order valence-electron chi connectivity index (χ1n) is 6.72. The van der Waals surface area contributed by atoms with E-state index < -0.39 is 0 Å². The molecule has 1 aromatic carbocycles. The van der Waals surface area contributed by atoms with Crippen molar-refractivity contribution in [1.82, 2.24) is 4.90 Å². The molecule has 5 heteroatoms. The maximum Gasteiger partial charge on any atom is 0.222 e. The van der Waals surface area contributed by atoms with Gasteiger partial charge in [-0.15, -0.1) is 11.6 Å². The molecule has 0 aliphatic carbocycles. The van der Waals surface area contributed by atoms with Gasteiger partial charge in [-0.25, -0.2) is 0 Å². The van der Waals surface area contributed by atoms with Crippen LogP contribution in [0.1, 0.15) is 25.3 Å². The molecule has 20 heavy (non-hydrogen) atoms. The van der Waals surface area contributed by atoms with Crippen molar-refractivity contribution in [1.29, 1.82) is 0 Å². The summed E-state index contributed by atoms with van der Waals surface area (Å²) in [6, 6.07) is 5.69. The van der Waals surface area contributed by atoms with Gasteiger partial charge in [0.1, 0.15) is 0 Å². The third kappa shape index (κ3) is 4.60. The van der Waals surface area contributed by atoms with E-state index in [1.165, 1.54) is 0 Å². The summed E-state index contributed by atoms with van der Waals surface area (Å²) < 4.78 is 10.9. The molecule has 0 radical (unpaired) electrons. The number of carbonyl (C=O) groups excluding carboxylic acids is 1. The highest BCUT2D eigenvalue weighted by molar-refractivity contribution is 6.17. The number of halogens is 1. The average molecular weight is 300 g/mol. The molecule has 0 fully saturated rings. The molecule has 1 rings (SSSR count). The Morgan fingerprint density at radius 3 is 2.75 bits per heavy atom. The molecule has 1 amide bonds. The van der Waals surface area contributed by atoms with Crippen molar-refractivity contribution in [2.24, 2.45) is 0 Å². The highest BCUT2D eigenvalue weighted by atomic mass is 35.5. The predicted octanol–water partition coefficient (Wildman–Crippen LogP) is 3.07. The average Bonchev–Trinajstić information content (AvgIpc) is 2.46. The van der Waals surface area contributed by atoms with Gasteiger partial charge in [0.2, 0.25) is 5.91 Å². The standard InChI is InChI=1S/C15H22ClNO3/c1-4-20-15-12(7-5-8-13(15)19-3)11-17(2)14(18)9-6-10-16/h5,7-8H,4,6,9-11H2,1-3H3. The van der Waals surface area contributed by atoms with Gasteiger partial charge in [0.25, 0.3) is 0 Å². The number of carbonyl (C=O) groups is 1. The monoisotopic (exact) mass is 299 g/mol. The van der Waals surface area contributed by atoms with Crippen molar-refractivity contribution in [3.8, 4) is 11.5 Å². The van der Waals surface area contributed by atoms with Crippen LogP contribution in [-0.4, -0.2) is 37.5 Å². The fourth-order valence-electron chi connectivity index (χ4n) is 1.91. The summed E-state index contributed by atoms with van der Waals surface area (Å²) in [5.41, 5.74) is 0.938. The molecule has 0 aliphatic heterocycles. The maximum atomic E-state index is 11.9. The summed E-state index contributed by atoms with van der Waals surface area (Å²) >= 11 is 5.61. The Bertz CT molecular complexity index is 437. The number of rotatable bonds is 8. The number of hydrogen-bond acceptors (Lipinski definition) is 3. The van der Waals surface area contributed by atoms with Crippen molar-refractivity contribution in [3.63, 3.8) is 0 Å². The van der Waals surface area contributed by atoms with E-state index >= 15 is 0 Å². The topological polar surface area (TPSA) is 38.8 Å². The molecule has 0 heterocycles. The molecule has 0 saturated heterocycles. The van der Waals surface area contributed by atoms with Crippen molar-refractivity contribution in [2.45, 2.75) is 26.3 Å². The van der Waals surface area contributed by atoms with Crippen LogP contribution in [0.3, 0.4) is 0 Å². The lowest BCUT2D eigenvalue weighted by Crippen LogP contribution is -2.26. The number of benzene rings is 1. The Morgan fingerprint density at radius 2 is 2.15 bits per heavy atom. The summed E-state index contributed by atoms with van der Waals surface area (Å²) in [5, 5.41) is 0. The first-order valence-corrected chi connectivity index (χ1v) is 7.26. The summed E-state index contributed by atoms with van der Waals surface area (Å²) in [5.74, 6) is 1.97. The van der Waals surface area contributed by atoms with Crippen LogP contribution >= 0.6 is 11.6 Å². The largest absolute Gasteiger partial charge is 0.493 e. The molecular weight excluding hydrogens is 278 g/mol. The minimum absolute atomic E-state index is 0.0796. The van der Waals surface area contributed by atoms with E-state index in [1.54, 1.807) is 19.1 Å². The van der Waals surface area contributed by atoms with Crippen molar-refractivity contribution in [2.75, 3.05) is 26.6 Å². The van der Waals surface area contributed by atoms with Gasteiger partial charge < -0.3 is 14.4 Å². The van der Waals surface area contributed by atoms with E-state index in [-0.39, 0.29) is 5.91 Å². The van der Waals surface area contributed by atoms with Gasteiger partial charge in [0.15, 0.2) is 11.5 Å². The van der Waals surface area contributed by atoms with Gasteiger partial charge in [-0.1, -0.05) is 12.1 Å². The van der Waals surface area contributed by atoms with Crippen molar-refractivity contribution >= 4 is 17.5 Å². The van der Waals surface area contributed by atoms with E-state index in [2.05, 4.69) is 0 Å². The second kappa shape index (κ2) is 8.69. The Balaban J connectivity index is 2.82. The van der Waals surface area contributed by atoms with E-state index in [4.69, 9.17) is 21.1 Å². The third-order valence-corrected chi connectivity index (χ3v) is 3.19. The van der Waals surface area contributed by atoms with Gasteiger partial charge in [-0.05, 0) is 19.4 Å². The van der Waals surface area contributed by atoms with Crippen LogP contribution in [0.15, 0.2) is 18.2 Å². The third-order valence-electron chi connectivity index (χ3n) is 2.93. The molecule has 4 nitrogen and oxygen atoms in total. The van der Waals surface area contributed by atoms with Gasteiger partial charge in [0.05, 0.1) is 13.7 Å². The zero-order valence-electron chi connectivity index (χ0n) is 12.3. The molecule has 0 bridgehead atoms. The Kier molecular flexibility index (Phi) is 7.23. The fourth-order valence-corrected chi connectivity index (χ4v) is 2.04. The van der Waals surface area contributed by atoms with Crippen LogP contribution in [0.25, 0.3) is 0 Å². The lowest BCUT2D eigenvalue weighted by atomic mass is 10.1. The number of hydrogen-bond donors (Lipinski definition) is 0. The molecule has 0 saturated carbocycles. The fraction of sp³-hybridized carbons (Fsp3) is 0.533. The van der Waals surface area contributed by atoms with Crippen LogP contribution < -0.4 is 9.47 Å². The van der Waals surface area contributed by atoms with Crippen molar-refractivity contribution < 1.29 is 14.3 Å². The number of alkyl halides is 1. The molecule has 0 N–H and O–H groups in total. The SMILES string of the molecule is CCOc1c(CN(C)C(=O)CCCCl)cccc1OC. The number of nitrogens with zero attached hydrogens (tertiary/aromatic N) is 1. The lowest BCUT2D eigenvalue weighted by Gasteiger charge is -2.20. The summed E-state index contributed by atoms with van der Waals surface area (Å²) in [4.78, 5) is 13.6. The molecule has 0 unspecified atom stereocenters. The van der Waals surface area contributed by atoms with E-state index in [0.29, 0.717) is 43.4 Å². The first kappa shape index (κ1) is 16.6. The van der Waals surface area contributed by atoms with Crippen LogP contribution in [0.2, 0.25) is 0 Å². The predicted molar refractivity (Wildman–Crippen MR) is 80.6 cm³/mol. The molecule has 112 valence electrons. The normalized spacial score (nSPS) is 10.2. The van der Waals surface area contributed by atoms with Gasteiger partial charge in [-0.2, -0.15) is 0 Å². The van der Waals surface area contributed by atoms with Gasteiger partial charge in [0, 0.05) is 31.5 Å². The molecule has 0 aromatic heterocycles. The smallest absolute Gasteiger partial charge is 0.222 e. The molecule has 1 aromatic rings. The Hall–Kier alpha value is -1.42. The first-order chi connectivity index (χ1) is 9.63. The van der Waals surface area contributed by atoms with Gasteiger partial charge in [-0.3, -0.25) is 4.79 Å². The highest BCUT2D eigenvalue weighted by Crippen LogP contribution is 2.31. The molecule has 0 atom stereocenters. The van der Waals surface area contributed by atoms with Gasteiger partial charge >= 0.3 is 0 Å². The number of methoxy groups -OCH3 is 1. The quantitative estimate of drug-likeness (QED) is 0.693. The van der Waals surface area contributed by atoms with Crippen LogP contribution in [0.5, 0.6) is 11.5 Å². The Labute approximate surface area is 125 Å². The Morgan fingerprint density at radius 1 is 1.40 bits per heavy atom. The molecular formula is C15H22ClNO3. The molecule has 0 aliphatic rings. The van der Waals surface area contributed by atoms with Crippen LogP contribution in [0, 0.1) is 0 Å². The highest BCUT2D eigenvalue weighted by Gasteiger charge is 2.14. The summed E-state index contributed by atoms with van der Waals surface area (Å²) in [7, 11) is 3.39. The second-order valence-electron chi connectivity index (χ2n) is 4.42. The molecule has 0 spiro atoms.